The summed E-state index contributed by atoms with van der Waals surface area (Å²) < 4.78 is 23.0. The molecule has 0 saturated carbocycles. The highest BCUT2D eigenvalue weighted by Gasteiger charge is 2.35. The van der Waals surface area contributed by atoms with Crippen LogP contribution < -0.4 is 21.7 Å². The van der Waals surface area contributed by atoms with Gasteiger partial charge in [0.05, 0.1) is 11.6 Å². The summed E-state index contributed by atoms with van der Waals surface area (Å²) in [5, 5.41) is 8.75. The number of ether oxygens (including phenoxy) is 4. The highest BCUT2D eigenvalue weighted by atomic mass is 16.6. The van der Waals surface area contributed by atoms with Gasteiger partial charge < -0.3 is 45.5 Å². The molecule has 0 bridgehead atoms. The molecule has 3 atom stereocenters. The number of aromatic nitrogens is 1. The Balaban J connectivity index is 2.34. The quantitative estimate of drug-likeness (QED) is 0.0655. The molecule has 1 aromatic heterocycles. The van der Waals surface area contributed by atoms with Gasteiger partial charge in [-0.3, -0.25) is 14.2 Å². The van der Waals surface area contributed by atoms with E-state index in [9.17, 15) is 28.8 Å². The predicted molar refractivity (Wildman–Crippen MR) is 216 cm³/mol. The molecular weight excluding hydrogens is 736 g/mol. The van der Waals surface area contributed by atoms with E-state index in [0.29, 0.717) is 35.7 Å². The lowest BCUT2D eigenvalue weighted by molar-refractivity contribution is -0.154. The minimum atomic E-state index is -1.18. The maximum Gasteiger partial charge on any atom is 0.419 e. The van der Waals surface area contributed by atoms with Crippen molar-refractivity contribution in [2.24, 2.45) is 5.73 Å². The Labute approximate surface area is 336 Å². The van der Waals surface area contributed by atoms with Gasteiger partial charge in [0.15, 0.2) is 0 Å². The molecule has 0 saturated heterocycles. The average molecular weight is 801 g/mol. The van der Waals surface area contributed by atoms with Gasteiger partial charge in [-0.25, -0.2) is 19.2 Å². The van der Waals surface area contributed by atoms with E-state index < -0.39 is 71.0 Å². The monoisotopic (exact) mass is 800 g/mol. The van der Waals surface area contributed by atoms with Crippen LogP contribution in [-0.4, -0.2) is 107 Å². The van der Waals surface area contributed by atoms with Crippen LogP contribution in [0.1, 0.15) is 100.0 Å². The van der Waals surface area contributed by atoms with Crippen molar-refractivity contribution in [3.63, 3.8) is 0 Å². The fraction of sp³-hybridized carbons (Fsp3) is 0.610. The van der Waals surface area contributed by atoms with Crippen molar-refractivity contribution in [1.82, 2.24) is 25.4 Å². The third-order valence-corrected chi connectivity index (χ3v) is 8.13. The second-order valence-electron chi connectivity index (χ2n) is 16.8. The third kappa shape index (κ3) is 17.3. The number of likely N-dealkylation sites (N-methyl/N-ethyl adjacent to an activating group) is 1. The van der Waals surface area contributed by atoms with Gasteiger partial charge in [0.2, 0.25) is 11.8 Å². The second-order valence-corrected chi connectivity index (χ2v) is 16.8. The van der Waals surface area contributed by atoms with E-state index in [4.69, 9.17) is 24.7 Å². The van der Waals surface area contributed by atoms with Crippen LogP contribution >= 0.6 is 0 Å². The van der Waals surface area contributed by atoms with Crippen molar-refractivity contribution < 1.29 is 47.7 Å². The first-order valence-electron chi connectivity index (χ1n) is 19.3. The van der Waals surface area contributed by atoms with Crippen LogP contribution in [0.15, 0.2) is 43.1 Å². The van der Waals surface area contributed by atoms with E-state index >= 15 is 0 Å². The minimum Gasteiger partial charge on any atom is -0.460 e. The lowest BCUT2D eigenvalue weighted by atomic mass is 10.0. The number of nitrogens with zero attached hydrogens (tertiary/aromatic N) is 2. The molecule has 5 N–H and O–H groups in total. The van der Waals surface area contributed by atoms with Crippen LogP contribution in [0.25, 0.3) is 10.9 Å². The number of benzene rings is 1. The molecule has 1 heterocycles. The zero-order valence-corrected chi connectivity index (χ0v) is 35.3. The number of amides is 4. The lowest BCUT2D eigenvalue weighted by Crippen LogP contribution is -2.55. The second kappa shape index (κ2) is 21.4. The van der Waals surface area contributed by atoms with Gasteiger partial charge in [-0.05, 0) is 106 Å². The van der Waals surface area contributed by atoms with Gasteiger partial charge in [0.25, 0.3) is 0 Å². The number of carbonyl (C=O) groups excluding carboxylic acids is 6. The number of hydrogen-bond donors (Lipinski definition) is 4. The van der Waals surface area contributed by atoms with Crippen LogP contribution in [0.2, 0.25) is 0 Å². The Kier molecular flexibility index (Phi) is 18.0. The fourth-order valence-corrected chi connectivity index (χ4v) is 5.57. The summed E-state index contributed by atoms with van der Waals surface area (Å²) in [7, 11) is 1.45. The van der Waals surface area contributed by atoms with E-state index in [2.05, 4.69) is 22.5 Å². The number of para-hydroxylation sites is 1. The highest BCUT2D eigenvalue weighted by molar-refractivity contribution is 5.94. The predicted octanol–water partition coefficient (Wildman–Crippen LogP) is 5.34. The summed E-state index contributed by atoms with van der Waals surface area (Å²) in [5.74, 6) is -1.91. The lowest BCUT2D eigenvalue weighted by Gasteiger charge is -2.31. The molecule has 57 heavy (non-hydrogen) atoms. The van der Waals surface area contributed by atoms with Gasteiger partial charge >= 0.3 is 24.2 Å². The SMILES string of the molecule is C=CCOC(=O)C(Cc1cn(C(=O)OC(C)(C)C)c2ccccc12)N(C)C(=O)C(CCCCNC(=O)OC(C)(C)C)NC(=O)C(N)CCCNC(=O)OC(C)(C)C. The molecule has 3 unspecified atom stereocenters. The number of alkyl carbamates (subject to hydrolysis) is 2. The zero-order valence-electron chi connectivity index (χ0n) is 35.3. The maximum absolute atomic E-state index is 14.3. The minimum absolute atomic E-state index is 0.0425. The largest absolute Gasteiger partial charge is 0.460 e. The van der Waals surface area contributed by atoms with E-state index in [0.717, 1.165) is 0 Å². The van der Waals surface area contributed by atoms with Gasteiger partial charge in [-0.15, -0.1) is 0 Å². The molecule has 0 spiro atoms. The molecule has 0 aliphatic carbocycles. The van der Waals surface area contributed by atoms with Crippen molar-refractivity contribution >= 4 is 47.0 Å². The van der Waals surface area contributed by atoms with Crippen LogP contribution in [0.4, 0.5) is 14.4 Å². The first-order chi connectivity index (χ1) is 26.4. The Bertz CT molecular complexity index is 1700. The van der Waals surface area contributed by atoms with Crippen LogP contribution in [-0.2, 0) is 39.8 Å². The van der Waals surface area contributed by atoms with Crippen molar-refractivity contribution in [2.75, 3.05) is 26.7 Å². The standard InChI is InChI=1S/C41H64N6O10/c1-12-24-54-35(50)32(25-27-26-47(38(53)57-41(8,9)10)31-21-14-13-18-28(27)31)46(11)34(49)30(20-15-16-22-43-36(51)55-39(2,3)4)45-33(48)29(42)19-17-23-44-37(52)56-40(5,6)7/h12-14,18,21,26,29-30,32H,1,15-17,19-20,22-25,42H2,2-11H3,(H,43,51)(H,44,52)(H,45,48). The number of rotatable bonds is 18. The van der Waals surface area contributed by atoms with E-state index in [-0.39, 0.29) is 39.0 Å². The number of nitrogens with two attached hydrogens (primary N) is 1. The van der Waals surface area contributed by atoms with Crippen molar-refractivity contribution in [3.8, 4) is 0 Å². The van der Waals surface area contributed by atoms with Crippen LogP contribution in [0.5, 0.6) is 0 Å². The van der Waals surface area contributed by atoms with Crippen LogP contribution in [0, 0.1) is 0 Å². The molecule has 2 rings (SSSR count). The Morgan fingerprint density at radius 1 is 0.825 bits per heavy atom. The molecular formula is C41H64N6O10. The summed E-state index contributed by atoms with van der Waals surface area (Å²) in [5.41, 5.74) is 5.26. The molecule has 2 aromatic rings. The summed E-state index contributed by atoms with van der Waals surface area (Å²) in [6.07, 6.45) is 2.69. The number of hydrogen-bond acceptors (Lipinski definition) is 11. The van der Waals surface area contributed by atoms with E-state index in [1.54, 1.807) is 92.8 Å². The highest BCUT2D eigenvalue weighted by Crippen LogP contribution is 2.26. The normalized spacial score (nSPS) is 13.4. The van der Waals surface area contributed by atoms with Crippen molar-refractivity contribution in [1.29, 1.82) is 0 Å². The Hall–Kier alpha value is -5.12. The smallest absolute Gasteiger partial charge is 0.419 e. The summed E-state index contributed by atoms with van der Waals surface area (Å²) >= 11 is 0. The molecule has 0 aliphatic heterocycles. The maximum atomic E-state index is 14.3. The summed E-state index contributed by atoms with van der Waals surface area (Å²) in [6, 6.07) is 3.81. The molecule has 16 nitrogen and oxygen atoms in total. The number of esters is 1. The molecule has 0 fully saturated rings. The van der Waals surface area contributed by atoms with Crippen molar-refractivity contribution in [2.45, 2.75) is 136 Å². The molecule has 0 radical (unpaired) electrons. The topological polar surface area (TPSA) is 210 Å². The average Bonchev–Trinajstić information content (AvgIpc) is 3.46. The Morgan fingerprint density at radius 2 is 1.39 bits per heavy atom. The Morgan fingerprint density at radius 3 is 1.95 bits per heavy atom. The van der Waals surface area contributed by atoms with Gasteiger partial charge in [-0.1, -0.05) is 30.9 Å². The first-order valence-corrected chi connectivity index (χ1v) is 19.3. The number of fused-ring (bicyclic) bond motifs is 1. The van der Waals surface area contributed by atoms with Gasteiger partial charge in [0.1, 0.15) is 35.5 Å². The summed E-state index contributed by atoms with van der Waals surface area (Å²) in [4.78, 5) is 80.0. The molecule has 0 aliphatic rings. The summed E-state index contributed by atoms with van der Waals surface area (Å²) in [6.45, 7) is 19.7. The molecule has 1 aromatic carbocycles. The third-order valence-electron chi connectivity index (χ3n) is 8.13. The number of nitrogens with one attached hydrogen (secondary N) is 3. The number of unbranched alkanes of at least 4 members (excludes halogenated alkanes) is 1. The fourth-order valence-electron chi connectivity index (χ4n) is 5.57. The number of carbonyl (C=O) groups is 6. The van der Waals surface area contributed by atoms with E-state index in [1.165, 1.54) is 22.6 Å². The van der Waals surface area contributed by atoms with Crippen molar-refractivity contribution in [3.05, 3.63) is 48.7 Å². The van der Waals surface area contributed by atoms with Gasteiger partial charge in [0, 0.05) is 38.1 Å². The van der Waals surface area contributed by atoms with E-state index in [1.807, 2.05) is 0 Å². The molecule has 318 valence electrons. The molecule has 4 amide bonds. The molecule has 16 heteroatoms. The van der Waals surface area contributed by atoms with Gasteiger partial charge in [-0.2, -0.15) is 0 Å². The zero-order chi connectivity index (χ0) is 43.1. The van der Waals surface area contributed by atoms with Crippen LogP contribution in [0.3, 0.4) is 0 Å². The first kappa shape index (κ1) is 48.0.